The molecule has 0 aromatic carbocycles. The highest BCUT2D eigenvalue weighted by Gasteiger charge is 2.36. The molecule has 90 valence electrons. The van der Waals surface area contributed by atoms with Gasteiger partial charge in [0.1, 0.15) is 6.10 Å². The third-order valence-corrected chi connectivity index (χ3v) is 2.35. The molecule has 0 bridgehead atoms. The molecule has 0 aromatic rings. The summed E-state index contributed by atoms with van der Waals surface area (Å²) in [6, 6.07) is 0. The predicted molar refractivity (Wildman–Crippen MR) is 57.2 cm³/mol. The first kappa shape index (κ1) is 13.8. The Morgan fingerprint density at radius 2 is 2.13 bits per heavy atom. The summed E-state index contributed by atoms with van der Waals surface area (Å²) in [5.41, 5.74) is 0. The minimum Gasteiger partial charge on any atom is -0.365 e. The molecule has 1 aliphatic heterocycles. The van der Waals surface area contributed by atoms with Crippen molar-refractivity contribution in [1.29, 1.82) is 0 Å². The minimum absolute atomic E-state index is 0.110. The van der Waals surface area contributed by atoms with E-state index in [-0.39, 0.29) is 12.7 Å². The predicted octanol–water partition coefficient (Wildman–Crippen LogP) is 1.84. The summed E-state index contributed by atoms with van der Waals surface area (Å²) in [4.78, 5) is 0. The molecule has 2 unspecified atom stereocenters. The summed E-state index contributed by atoms with van der Waals surface area (Å²) in [6.45, 7) is 4.08. The van der Waals surface area contributed by atoms with Gasteiger partial charge in [0.05, 0.1) is 13.2 Å². The zero-order chi connectivity index (χ0) is 11.7. The van der Waals surface area contributed by atoms with Crippen LogP contribution in [0.5, 0.6) is 0 Å². The van der Waals surface area contributed by atoms with Crippen molar-refractivity contribution in [2.24, 2.45) is 0 Å². The summed E-state index contributed by atoms with van der Waals surface area (Å²) in [5, 5.41) is 9.26. The third-order valence-electron chi connectivity index (χ3n) is 1.79. The zero-order valence-corrected chi connectivity index (χ0v) is 10.6. The van der Waals surface area contributed by atoms with Gasteiger partial charge in [-0.15, -0.1) is 0 Å². The van der Waals surface area contributed by atoms with Crippen LogP contribution in [0, 0.1) is 0 Å². The molecule has 0 aliphatic carbocycles. The normalized spacial score (nSPS) is 28.0. The van der Waals surface area contributed by atoms with Crippen LogP contribution in [0.2, 0.25) is 0 Å². The van der Waals surface area contributed by atoms with Crippen LogP contribution in [0.4, 0.5) is 0 Å². The lowest BCUT2D eigenvalue weighted by Gasteiger charge is -2.21. The number of aliphatic hydroxyl groups is 1. The Morgan fingerprint density at radius 1 is 1.53 bits per heavy atom. The fraction of sp³-hybridized carbons (Fsp3) is 1.00. The molecular weight excluding hydrogens is 266 g/mol. The number of ether oxygens (including phenoxy) is 3. The molecule has 1 N–H and O–H groups in total. The first-order valence-electron chi connectivity index (χ1n) is 4.39. The van der Waals surface area contributed by atoms with E-state index in [1.165, 1.54) is 0 Å². The van der Waals surface area contributed by atoms with E-state index in [4.69, 9.17) is 49.0 Å². The topological polar surface area (TPSA) is 47.9 Å². The number of halogens is 3. The quantitative estimate of drug-likeness (QED) is 0.633. The zero-order valence-electron chi connectivity index (χ0n) is 8.37. The molecule has 1 rings (SSSR count). The fourth-order valence-electron chi connectivity index (χ4n) is 1.14. The third kappa shape index (κ3) is 4.61. The molecule has 0 amide bonds. The van der Waals surface area contributed by atoms with Crippen LogP contribution in [-0.2, 0) is 14.2 Å². The van der Waals surface area contributed by atoms with E-state index in [9.17, 15) is 5.11 Å². The van der Waals surface area contributed by atoms with E-state index in [1.54, 1.807) is 13.8 Å². The maximum absolute atomic E-state index is 9.26. The molecule has 7 heteroatoms. The second-order valence-corrected chi connectivity index (χ2v) is 6.05. The Bertz CT molecular complexity index is 216. The Hall–Kier alpha value is 0.710. The lowest BCUT2D eigenvalue weighted by atomic mass is 10.4. The number of alkyl halides is 3. The van der Waals surface area contributed by atoms with Crippen LogP contribution in [0.3, 0.4) is 0 Å². The molecule has 1 heterocycles. The van der Waals surface area contributed by atoms with Crippen molar-refractivity contribution in [3.63, 3.8) is 0 Å². The number of hydrogen-bond donors (Lipinski definition) is 1. The second-order valence-electron chi connectivity index (χ2n) is 3.68. The molecule has 1 saturated heterocycles. The average Bonchev–Trinajstić information content (AvgIpc) is 2.39. The second kappa shape index (κ2) is 4.92. The summed E-state index contributed by atoms with van der Waals surface area (Å²) in [5.74, 6) is -0.626. The number of hydrogen-bond acceptors (Lipinski definition) is 4. The lowest BCUT2D eigenvalue weighted by Crippen LogP contribution is -2.32. The van der Waals surface area contributed by atoms with E-state index in [2.05, 4.69) is 0 Å². The van der Waals surface area contributed by atoms with Crippen LogP contribution < -0.4 is 0 Å². The van der Waals surface area contributed by atoms with Crippen molar-refractivity contribution >= 4 is 34.8 Å². The Kier molecular flexibility index (Phi) is 4.52. The van der Waals surface area contributed by atoms with Crippen molar-refractivity contribution in [1.82, 2.24) is 0 Å². The summed E-state index contributed by atoms with van der Waals surface area (Å²) in [7, 11) is 0. The largest absolute Gasteiger partial charge is 0.365 e. The van der Waals surface area contributed by atoms with Crippen molar-refractivity contribution in [3.8, 4) is 0 Å². The highest BCUT2D eigenvalue weighted by molar-refractivity contribution is 6.67. The van der Waals surface area contributed by atoms with Gasteiger partial charge in [0.2, 0.25) is 10.1 Å². The van der Waals surface area contributed by atoms with Gasteiger partial charge in [-0.3, -0.25) is 0 Å². The van der Waals surface area contributed by atoms with Gasteiger partial charge in [0.15, 0.2) is 5.79 Å². The number of rotatable bonds is 3. The van der Waals surface area contributed by atoms with Crippen LogP contribution in [0.15, 0.2) is 0 Å². The van der Waals surface area contributed by atoms with Crippen molar-refractivity contribution in [3.05, 3.63) is 0 Å². The Balaban J connectivity index is 2.27. The molecule has 1 fully saturated rings. The van der Waals surface area contributed by atoms with Crippen molar-refractivity contribution < 1.29 is 19.3 Å². The van der Waals surface area contributed by atoms with Crippen molar-refractivity contribution in [2.75, 3.05) is 13.2 Å². The van der Waals surface area contributed by atoms with Gasteiger partial charge in [0, 0.05) is 0 Å². The minimum atomic E-state index is -1.85. The standard InChI is InChI=1S/C8H13Cl3O4/c1-7(2)14-4-5(15-7)3-13-6(12)8(9,10)11/h5-6,12H,3-4H2,1-2H3. The van der Waals surface area contributed by atoms with Gasteiger partial charge in [-0.05, 0) is 13.8 Å². The number of aliphatic hydroxyl groups excluding tert-OH is 1. The molecule has 0 aromatic heterocycles. The highest BCUT2D eigenvalue weighted by atomic mass is 35.6. The fourth-order valence-corrected chi connectivity index (χ4v) is 1.33. The Morgan fingerprint density at radius 3 is 2.53 bits per heavy atom. The molecule has 0 saturated carbocycles. The van der Waals surface area contributed by atoms with Gasteiger partial charge < -0.3 is 19.3 Å². The first-order valence-corrected chi connectivity index (χ1v) is 5.52. The van der Waals surface area contributed by atoms with Gasteiger partial charge in [0.25, 0.3) is 0 Å². The maximum Gasteiger partial charge on any atom is 0.240 e. The molecule has 4 nitrogen and oxygen atoms in total. The molecule has 2 atom stereocenters. The molecule has 0 spiro atoms. The first-order chi connectivity index (χ1) is 6.71. The van der Waals surface area contributed by atoms with E-state index in [0.717, 1.165) is 0 Å². The summed E-state index contributed by atoms with van der Waals surface area (Å²) >= 11 is 16.2. The highest BCUT2D eigenvalue weighted by Crippen LogP contribution is 2.31. The molecular formula is C8H13Cl3O4. The van der Waals surface area contributed by atoms with Crippen molar-refractivity contribution in [2.45, 2.75) is 35.8 Å². The SMILES string of the molecule is CC1(C)OCC(COC(O)C(Cl)(Cl)Cl)O1. The smallest absolute Gasteiger partial charge is 0.240 e. The maximum atomic E-state index is 9.26. The molecule has 0 radical (unpaired) electrons. The van der Waals surface area contributed by atoms with Crippen LogP contribution >= 0.6 is 34.8 Å². The Labute approximate surface area is 103 Å². The van der Waals surface area contributed by atoms with Gasteiger partial charge in [-0.25, -0.2) is 0 Å². The van der Waals surface area contributed by atoms with Gasteiger partial charge >= 0.3 is 0 Å². The molecule has 15 heavy (non-hydrogen) atoms. The monoisotopic (exact) mass is 278 g/mol. The summed E-state index contributed by atoms with van der Waals surface area (Å²) in [6.07, 6.45) is -1.74. The average molecular weight is 280 g/mol. The molecule has 1 aliphatic rings. The summed E-state index contributed by atoms with van der Waals surface area (Å²) < 4.78 is 13.8. The van der Waals surface area contributed by atoms with E-state index in [0.29, 0.717) is 6.61 Å². The van der Waals surface area contributed by atoms with Gasteiger partial charge in [-0.2, -0.15) is 0 Å². The van der Waals surface area contributed by atoms with Crippen LogP contribution in [0.25, 0.3) is 0 Å². The van der Waals surface area contributed by atoms with E-state index < -0.39 is 15.9 Å². The van der Waals surface area contributed by atoms with E-state index in [1.807, 2.05) is 0 Å². The van der Waals surface area contributed by atoms with Gasteiger partial charge in [-0.1, -0.05) is 34.8 Å². The van der Waals surface area contributed by atoms with Crippen LogP contribution in [0.1, 0.15) is 13.8 Å². The van der Waals surface area contributed by atoms with Crippen LogP contribution in [-0.4, -0.2) is 40.3 Å². The van der Waals surface area contributed by atoms with E-state index >= 15 is 0 Å². The lowest BCUT2D eigenvalue weighted by molar-refractivity contribution is -0.162.